The Labute approximate surface area is 143 Å². The predicted octanol–water partition coefficient (Wildman–Crippen LogP) is 2.29. The van der Waals surface area contributed by atoms with Crippen LogP contribution in [-0.4, -0.2) is 31.9 Å². The Bertz CT molecular complexity index is 1090. The molecule has 0 radical (unpaired) electrons. The van der Waals surface area contributed by atoms with Gasteiger partial charge in [-0.3, -0.25) is 4.72 Å². The van der Waals surface area contributed by atoms with Crippen LogP contribution in [0.25, 0.3) is 11.0 Å². The molecule has 2 aromatic heterocycles. The number of pyridine rings is 1. The smallest absolute Gasteiger partial charge is 0.262 e. The molecule has 0 spiro atoms. The molecule has 1 aromatic carbocycles. The van der Waals surface area contributed by atoms with E-state index in [1.165, 1.54) is 31.2 Å². The van der Waals surface area contributed by atoms with Gasteiger partial charge in [0.05, 0.1) is 20.9 Å². The van der Waals surface area contributed by atoms with E-state index in [1.807, 2.05) is 0 Å². The molecule has 0 saturated carbocycles. The molecular formula is C14H13N3O4S3. The molecule has 1 N–H and O–H groups in total. The lowest BCUT2D eigenvalue weighted by Gasteiger charge is -2.07. The molecule has 0 bridgehead atoms. The maximum absolute atomic E-state index is 12.5. The van der Waals surface area contributed by atoms with Crippen molar-refractivity contribution >= 4 is 47.4 Å². The van der Waals surface area contributed by atoms with E-state index in [2.05, 4.69) is 14.1 Å². The van der Waals surface area contributed by atoms with Gasteiger partial charge in [-0.15, -0.1) is 0 Å². The Hall–Kier alpha value is -2.04. The number of hydrogen-bond donors (Lipinski definition) is 1. The Balaban J connectivity index is 1.93. The lowest BCUT2D eigenvalue weighted by atomic mass is 10.3. The van der Waals surface area contributed by atoms with Crippen LogP contribution in [0.3, 0.4) is 0 Å². The van der Waals surface area contributed by atoms with E-state index in [0.29, 0.717) is 16.0 Å². The summed E-state index contributed by atoms with van der Waals surface area (Å²) in [5, 5.41) is 0.972. The van der Waals surface area contributed by atoms with Crippen molar-refractivity contribution < 1.29 is 16.8 Å². The first kappa shape index (κ1) is 16.8. The quantitative estimate of drug-likeness (QED) is 0.724. The van der Waals surface area contributed by atoms with Gasteiger partial charge in [0, 0.05) is 6.20 Å². The molecule has 0 amide bonds. The van der Waals surface area contributed by atoms with Gasteiger partial charge in [0.15, 0.2) is 15.5 Å². The van der Waals surface area contributed by atoms with E-state index in [9.17, 15) is 16.8 Å². The first-order chi connectivity index (χ1) is 11.3. The number of aromatic nitrogens is 2. The van der Waals surface area contributed by atoms with Crippen molar-refractivity contribution in [2.75, 3.05) is 10.5 Å². The largest absolute Gasteiger partial charge is 0.269 e. The molecule has 3 aromatic rings. The zero-order valence-electron chi connectivity index (χ0n) is 12.5. The monoisotopic (exact) mass is 383 g/mol. The summed E-state index contributed by atoms with van der Waals surface area (Å²) in [4.78, 5) is 4.12. The third-order valence-corrected chi connectivity index (χ3v) is 7.37. The Morgan fingerprint density at radius 2 is 1.71 bits per heavy atom. The summed E-state index contributed by atoms with van der Waals surface area (Å²) in [5.41, 5.74) is 0.463. The van der Waals surface area contributed by atoms with Gasteiger partial charge in [0.2, 0.25) is 0 Å². The zero-order chi connectivity index (χ0) is 17.4. The third kappa shape index (κ3) is 3.12. The summed E-state index contributed by atoms with van der Waals surface area (Å²) in [6, 6.07) is 8.54. The molecule has 2 heterocycles. The lowest BCUT2D eigenvalue weighted by molar-refractivity contribution is 0.595. The average Bonchev–Trinajstić information content (AvgIpc) is 2.97. The fourth-order valence-corrected chi connectivity index (χ4v) is 4.94. The van der Waals surface area contributed by atoms with E-state index in [1.54, 1.807) is 18.3 Å². The SMILES string of the molecule is CCS(=O)(=O)c1ccc(S(=O)(=O)Nc2snc3ncccc23)cc1. The van der Waals surface area contributed by atoms with Crippen molar-refractivity contribution in [3.05, 3.63) is 42.6 Å². The number of fused-ring (bicyclic) bond motifs is 1. The summed E-state index contributed by atoms with van der Waals surface area (Å²) in [6.45, 7) is 1.53. The molecule has 0 aliphatic heterocycles. The fraction of sp³-hybridized carbons (Fsp3) is 0.143. The average molecular weight is 383 g/mol. The molecule has 0 aliphatic rings. The van der Waals surface area contributed by atoms with Gasteiger partial charge in [0.25, 0.3) is 10.0 Å². The number of sulfonamides is 1. The van der Waals surface area contributed by atoms with Gasteiger partial charge >= 0.3 is 0 Å². The maximum atomic E-state index is 12.5. The molecule has 0 saturated heterocycles. The second kappa shape index (κ2) is 6.11. The van der Waals surface area contributed by atoms with E-state index in [4.69, 9.17) is 0 Å². The van der Waals surface area contributed by atoms with Gasteiger partial charge in [-0.1, -0.05) is 6.92 Å². The fourth-order valence-electron chi connectivity index (χ4n) is 2.03. The molecule has 0 atom stereocenters. The number of nitrogens with one attached hydrogen (secondary N) is 1. The first-order valence-electron chi connectivity index (χ1n) is 6.89. The van der Waals surface area contributed by atoms with Gasteiger partial charge < -0.3 is 0 Å². The number of sulfone groups is 1. The normalized spacial score (nSPS) is 12.4. The van der Waals surface area contributed by atoms with Crippen LogP contribution in [0.2, 0.25) is 0 Å². The van der Waals surface area contributed by atoms with Crippen LogP contribution in [0.5, 0.6) is 0 Å². The third-order valence-electron chi connectivity index (χ3n) is 3.35. The highest BCUT2D eigenvalue weighted by Gasteiger charge is 2.19. The van der Waals surface area contributed by atoms with Crippen molar-refractivity contribution in [1.29, 1.82) is 0 Å². The Morgan fingerprint density at radius 3 is 2.38 bits per heavy atom. The Kier molecular flexibility index (Phi) is 4.28. The highest BCUT2D eigenvalue weighted by Crippen LogP contribution is 2.28. The van der Waals surface area contributed by atoms with E-state index in [0.717, 1.165) is 11.5 Å². The summed E-state index contributed by atoms with van der Waals surface area (Å²) >= 11 is 0.997. The summed E-state index contributed by atoms with van der Waals surface area (Å²) in [6.07, 6.45) is 1.58. The highest BCUT2D eigenvalue weighted by molar-refractivity contribution is 7.93. The number of nitrogens with zero attached hydrogens (tertiary/aromatic N) is 2. The number of hydrogen-bond acceptors (Lipinski definition) is 7. The van der Waals surface area contributed by atoms with Crippen molar-refractivity contribution in [1.82, 2.24) is 9.36 Å². The minimum absolute atomic E-state index is 0.0250. The van der Waals surface area contributed by atoms with Crippen molar-refractivity contribution in [2.45, 2.75) is 16.7 Å². The minimum atomic E-state index is -3.85. The zero-order valence-corrected chi connectivity index (χ0v) is 15.0. The second-order valence-corrected chi connectivity index (χ2v) is 9.60. The number of benzene rings is 1. The Morgan fingerprint density at radius 1 is 1.04 bits per heavy atom. The topological polar surface area (TPSA) is 106 Å². The van der Waals surface area contributed by atoms with Crippen LogP contribution in [0, 0.1) is 0 Å². The molecule has 24 heavy (non-hydrogen) atoms. The summed E-state index contributed by atoms with van der Waals surface area (Å²) in [7, 11) is -7.22. The predicted molar refractivity (Wildman–Crippen MR) is 92.4 cm³/mol. The molecule has 10 heteroatoms. The van der Waals surface area contributed by atoms with Crippen molar-refractivity contribution in [3.8, 4) is 0 Å². The highest BCUT2D eigenvalue weighted by atomic mass is 32.2. The van der Waals surface area contributed by atoms with Crippen LogP contribution >= 0.6 is 11.5 Å². The van der Waals surface area contributed by atoms with Gasteiger partial charge in [-0.05, 0) is 47.9 Å². The van der Waals surface area contributed by atoms with E-state index in [-0.39, 0.29) is 15.5 Å². The van der Waals surface area contributed by atoms with E-state index < -0.39 is 19.9 Å². The second-order valence-electron chi connectivity index (χ2n) is 4.87. The lowest BCUT2D eigenvalue weighted by Crippen LogP contribution is -2.12. The van der Waals surface area contributed by atoms with Crippen LogP contribution < -0.4 is 4.72 Å². The maximum Gasteiger partial charge on any atom is 0.262 e. The number of anilines is 1. The minimum Gasteiger partial charge on any atom is -0.269 e. The van der Waals surface area contributed by atoms with Crippen molar-refractivity contribution in [2.24, 2.45) is 0 Å². The molecule has 0 aliphatic carbocycles. The first-order valence-corrected chi connectivity index (χ1v) is 10.8. The van der Waals surface area contributed by atoms with Crippen LogP contribution in [0.4, 0.5) is 5.00 Å². The standard InChI is InChI=1S/C14H13N3O4S3/c1-2-23(18,19)10-5-7-11(8-6-10)24(20,21)17-14-12-4-3-9-15-13(12)16-22-14/h3-9,17H,2H2,1H3. The summed E-state index contributed by atoms with van der Waals surface area (Å²) < 4.78 is 55.1. The molecule has 0 fully saturated rings. The van der Waals surface area contributed by atoms with Crippen LogP contribution in [-0.2, 0) is 19.9 Å². The van der Waals surface area contributed by atoms with E-state index >= 15 is 0 Å². The summed E-state index contributed by atoms with van der Waals surface area (Å²) in [5.74, 6) is -0.0444. The number of rotatable bonds is 5. The van der Waals surface area contributed by atoms with Crippen LogP contribution in [0.1, 0.15) is 6.92 Å². The van der Waals surface area contributed by atoms with Crippen LogP contribution in [0.15, 0.2) is 52.4 Å². The van der Waals surface area contributed by atoms with Gasteiger partial charge in [0.1, 0.15) is 5.00 Å². The molecule has 7 nitrogen and oxygen atoms in total. The van der Waals surface area contributed by atoms with Gasteiger partial charge in [-0.25, -0.2) is 21.8 Å². The molecule has 3 rings (SSSR count). The molecular weight excluding hydrogens is 370 g/mol. The molecule has 126 valence electrons. The van der Waals surface area contributed by atoms with Gasteiger partial charge in [-0.2, -0.15) is 4.37 Å². The van der Waals surface area contributed by atoms with Crippen molar-refractivity contribution in [3.63, 3.8) is 0 Å². The molecule has 0 unspecified atom stereocenters.